The molecule has 92 valence electrons. The fourth-order valence-corrected chi connectivity index (χ4v) is 1.90. The fraction of sp³-hybridized carbons (Fsp3) is 0.0833. The SMILES string of the molecule is NC(=S)c1cnc(NCc2ccccc2Br)cn1. The third-order valence-corrected chi connectivity index (χ3v) is 3.30. The number of hydrogen-bond acceptors (Lipinski definition) is 4. The lowest BCUT2D eigenvalue weighted by molar-refractivity contribution is 1.07. The monoisotopic (exact) mass is 322 g/mol. The fourth-order valence-electron chi connectivity index (χ4n) is 1.37. The molecule has 0 saturated heterocycles. The number of nitrogens with zero attached hydrogens (tertiary/aromatic N) is 2. The summed E-state index contributed by atoms with van der Waals surface area (Å²) in [6, 6.07) is 8.00. The number of thiocarbonyl (C=S) groups is 1. The third kappa shape index (κ3) is 3.24. The van der Waals surface area contributed by atoms with E-state index in [1.807, 2.05) is 24.3 Å². The van der Waals surface area contributed by atoms with Crippen LogP contribution >= 0.6 is 28.1 Å². The Labute approximate surface area is 119 Å². The van der Waals surface area contributed by atoms with Crippen LogP contribution in [0.2, 0.25) is 0 Å². The minimum atomic E-state index is 0.250. The molecule has 0 radical (unpaired) electrons. The summed E-state index contributed by atoms with van der Waals surface area (Å²) in [7, 11) is 0. The molecule has 0 aliphatic carbocycles. The maximum Gasteiger partial charge on any atom is 0.144 e. The van der Waals surface area contributed by atoms with Gasteiger partial charge in [-0.2, -0.15) is 0 Å². The molecule has 1 aromatic carbocycles. The first-order chi connectivity index (χ1) is 8.66. The zero-order chi connectivity index (χ0) is 13.0. The van der Waals surface area contributed by atoms with Gasteiger partial charge >= 0.3 is 0 Å². The molecule has 3 N–H and O–H groups in total. The van der Waals surface area contributed by atoms with E-state index in [9.17, 15) is 0 Å². The van der Waals surface area contributed by atoms with Gasteiger partial charge in [0.05, 0.1) is 12.4 Å². The van der Waals surface area contributed by atoms with Crippen LogP contribution in [-0.4, -0.2) is 15.0 Å². The van der Waals surface area contributed by atoms with Crippen molar-refractivity contribution >= 4 is 39.0 Å². The first kappa shape index (κ1) is 12.9. The minimum absolute atomic E-state index is 0.250. The number of nitrogens with one attached hydrogen (secondary N) is 1. The lowest BCUT2D eigenvalue weighted by Gasteiger charge is -2.07. The first-order valence-corrected chi connectivity index (χ1v) is 6.46. The van der Waals surface area contributed by atoms with E-state index in [-0.39, 0.29) is 4.99 Å². The summed E-state index contributed by atoms with van der Waals surface area (Å²) in [6.07, 6.45) is 3.18. The summed E-state index contributed by atoms with van der Waals surface area (Å²) in [5.41, 5.74) is 7.13. The van der Waals surface area contributed by atoms with Crippen LogP contribution in [0.1, 0.15) is 11.3 Å². The van der Waals surface area contributed by atoms with Crippen molar-refractivity contribution in [1.82, 2.24) is 9.97 Å². The zero-order valence-corrected chi connectivity index (χ0v) is 11.8. The molecule has 0 unspecified atom stereocenters. The van der Waals surface area contributed by atoms with Crippen molar-refractivity contribution in [3.8, 4) is 0 Å². The Balaban J connectivity index is 2.02. The van der Waals surface area contributed by atoms with Gasteiger partial charge in [-0.25, -0.2) is 9.97 Å². The Morgan fingerprint density at radius 1 is 1.28 bits per heavy atom. The Bertz CT molecular complexity index is 556. The summed E-state index contributed by atoms with van der Waals surface area (Å²) in [5, 5.41) is 3.18. The molecule has 4 nitrogen and oxygen atoms in total. The van der Waals surface area contributed by atoms with Gasteiger partial charge in [-0.15, -0.1) is 0 Å². The Morgan fingerprint density at radius 2 is 2.06 bits per heavy atom. The quantitative estimate of drug-likeness (QED) is 0.847. The van der Waals surface area contributed by atoms with Crippen LogP contribution < -0.4 is 11.1 Å². The standard InChI is InChI=1S/C12H11BrN4S/c13-9-4-2-1-3-8(9)5-16-11-7-15-10(6-17-11)12(14)18/h1-4,6-7H,5H2,(H2,14,18)(H,16,17). The largest absolute Gasteiger partial charge is 0.388 e. The summed E-state index contributed by atoms with van der Waals surface area (Å²) < 4.78 is 1.06. The Hall–Kier alpha value is -1.53. The highest BCUT2D eigenvalue weighted by Gasteiger charge is 2.01. The van der Waals surface area contributed by atoms with Crippen molar-refractivity contribution in [1.29, 1.82) is 0 Å². The summed E-state index contributed by atoms with van der Waals surface area (Å²) in [6.45, 7) is 0.669. The molecular weight excluding hydrogens is 312 g/mol. The van der Waals surface area contributed by atoms with Gasteiger partial charge in [0.2, 0.25) is 0 Å². The van der Waals surface area contributed by atoms with E-state index in [0.29, 0.717) is 18.1 Å². The molecule has 2 aromatic rings. The van der Waals surface area contributed by atoms with Crippen LogP contribution in [0, 0.1) is 0 Å². The smallest absolute Gasteiger partial charge is 0.144 e. The van der Waals surface area contributed by atoms with E-state index in [1.165, 1.54) is 0 Å². The Morgan fingerprint density at radius 3 is 2.67 bits per heavy atom. The van der Waals surface area contributed by atoms with Gasteiger partial charge in [0.1, 0.15) is 16.5 Å². The third-order valence-electron chi connectivity index (χ3n) is 2.32. The first-order valence-electron chi connectivity index (χ1n) is 5.26. The normalized spacial score (nSPS) is 10.1. The van der Waals surface area contributed by atoms with Gasteiger partial charge < -0.3 is 11.1 Å². The number of rotatable bonds is 4. The number of anilines is 1. The molecule has 0 fully saturated rings. The van der Waals surface area contributed by atoms with Crippen LogP contribution in [0.5, 0.6) is 0 Å². The zero-order valence-electron chi connectivity index (χ0n) is 9.43. The van der Waals surface area contributed by atoms with Crippen molar-refractivity contribution in [2.24, 2.45) is 5.73 Å². The van der Waals surface area contributed by atoms with Crippen molar-refractivity contribution in [3.63, 3.8) is 0 Å². The predicted molar refractivity (Wildman–Crippen MR) is 79.4 cm³/mol. The highest BCUT2D eigenvalue weighted by atomic mass is 79.9. The molecule has 6 heteroatoms. The van der Waals surface area contributed by atoms with Gasteiger partial charge in [-0.1, -0.05) is 46.3 Å². The van der Waals surface area contributed by atoms with Gasteiger partial charge in [0.15, 0.2) is 0 Å². The van der Waals surface area contributed by atoms with Crippen LogP contribution in [0.25, 0.3) is 0 Å². The maximum atomic E-state index is 5.45. The number of nitrogens with two attached hydrogens (primary N) is 1. The van der Waals surface area contributed by atoms with Gasteiger partial charge in [-0.3, -0.25) is 0 Å². The van der Waals surface area contributed by atoms with Gasteiger partial charge in [0, 0.05) is 11.0 Å². The molecule has 1 aromatic heterocycles. The second kappa shape index (κ2) is 5.88. The molecule has 1 heterocycles. The number of aromatic nitrogens is 2. The molecule has 0 aliphatic heterocycles. The molecular formula is C12H11BrN4S. The average Bonchev–Trinajstić information content (AvgIpc) is 2.38. The average molecular weight is 323 g/mol. The van der Waals surface area contributed by atoms with Crippen molar-refractivity contribution in [2.75, 3.05) is 5.32 Å². The van der Waals surface area contributed by atoms with E-state index in [4.69, 9.17) is 18.0 Å². The van der Waals surface area contributed by atoms with E-state index >= 15 is 0 Å². The molecule has 0 spiro atoms. The molecule has 0 atom stereocenters. The number of hydrogen-bond donors (Lipinski definition) is 2. The number of benzene rings is 1. The minimum Gasteiger partial charge on any atom is -0.388 e. The van der Waals surface area contributed by atoms with E-state index < -0.39 is 0 Å². The molecule has 2 rings (SSSR count). The van der Waals surface area contributed by atoms with E-state index in [1.54, 1.807) is 12.4 Å². The highest BCUT2D eigenvalue weighted by molar-refractivity contribution is 9.10. The van der Waals surface area contributed by atoms with Crippen LogP contribution in [-0.2, 0) is 6.54 Å². The molecule has 0 aliphatic rings. The topological polar surface area (TPSA) is 63.8 Å². The number of halogens is 1. The van der Waals surface area contributed by atoms with Crippen LogP contribution in [0.15, 0.2) is 41.1 Å². The molecule has 18 heavy (non-hydrogen) atoms. The maximum absolute atomic E-state index is 5.45. The Kier molecular flexibility index (Phi) is 4.22. The lowest BCUT2D eigenvalue weighted by Crippen LogP contribution is -2.12. The summed E-state index contributed by atoms with van der Waals surface area (Å²) >= 11 is 8.30. The van der Waals surface area contributed by atoms with E-state index in [0.717, 1.165) is 10.0 Å². The van der Waals surface area contributed by atoms with Crippen molar-refractivity contribution in [2.45, 2.75) is 6.54 Å². The summed E-state index contributed by atoms with van der Waals surface area (Å²) in [4.78, 5) is 8.55. The van der Waals surface area contributed by atoms with Gasteiger partial charge in [-0.05, 0) is 11.6 Å². The van der Waals surface area contributed by atoms with Crippen molar-refractivity contribution < 1.29 is 0 Å². The van der Waals surface area contributed by atoms with Crippen LogP contribution in [0.3, 0.4) is 0 Å². The van der Waals surface area contributed by atoms with E-state index in [2.05, 4.69) is 31.2 Å². The second-order valence-corrected chi connectivity index (χ2v) is 4.89. The van der Waals surface area contributed by atoms with Gasteiger partial charge in [0.25, 0.3) is 0 Å². The highest BCUT2D eigenvalue weighted by Crippen LogP contribution is 2.16. The molecule has 0 amide bonds. The molecule has 0 saturated carbocycles. The lowest BCUT2D eigenvalue weighted by atomic mass is 10.2. The summed E-state index contributed by atoms with van der Waals surface area (Å²) in [5.74, 6) is 0.686. The van der Waals surface area contributed by atoms with Crippen molar-refractivity contribution in [3.05, 3.63) is 52.4 Å². The predicted octanol–water partition coefficient (Wildman–Crippen LogP) is 2.49. The second-order valence-electron chi connectivity index (χ2n) is 3.60. The van der Waals surface area contributed by atoms with Crippen LogP contribution in [0.4, 0.5) is 5.82 Å². The molecule has 0 bridgehead atoms.